The molecule has 16 heteroatoms. The van der Waals surface area contributed by atoms with Crippen LogP contribution in [0.4, 0.5) is 11.6 Å². The predicted molar refractivity (Wildman–Crippen MR) is 195 cm³/mol. The Bertz CT molecular complexity index is 1640. The van der Waals surface area contributed by atoms with Crippen LogP contribution in [0.1, 0.15) is 64.2 Å². The van der Waals surface area contributed by atoms with E-state index in [9.17, 15) is 9.59 Å². The molecule has 0 saturated carbocycles. The zero-order valence-corrected chi connectivity index (χ0v) is 36.5. The second kappa shape index (κ2) is 23.2. The third-order valence-electron chi connectivity index (χ3n) is 9.26. The molecule has 2 unspecified atom stereocenters. The molecular weight excluding hydrogens is 1000 g/mol. The van der Waals surface area contributed by atoms with E-state index in [0.29, 0.717) is 51.6 Å². The van der Waals surface area contributed by atoms with E-state index in [-0.39, 0.29) is 80.4 Å². The summed E-state index contributed by atoms with van der Waals surface area (Å²) >= 11 is 0. The van der Waals surface area contributed by atoms with Crippen LogP contribution in [-0.2, 0) is 51.7 Å². The van der Waals surface area contributed by atoms with Crippen molar-refractivity contribution in [3.05, 3.63) is 52.0 Å². The van der Waals surface area contributed by atoms with Crippen LogP contribution >= 0.6 is 0 Å². The number of H-pyrrole nitrogens is 2. The van der Waals surface area contributed by atoms with E-state index in [1.165, 1.54) is 0 Å². The van der Waals surface area contributed by atoms with Crippen molar-refractivity contribution in [2.45, 2.75) is 64.2 Å². The topological polar surface area (TPSA) is 178 Å². The van der Waals surface area contributed by atoms with Gasteiger partial charge in [-0.3, -0.25) is 19.6 Å². The monoisotopic (exact) mass is 1050 g/mol. The van der Waals surface area contributed by atoms with Crippen LogP contribution in [-0.4, -0.2) is 91.8 Å². The summed E-state index contributed by atoms with van der Waals surface area (Å²) in [6, 6.07) is 8.14. The van der Waals surface area contributed by atoms with Crippen molar-refractivity contribution < 1.29 is 51.7 Å². The summed E-state index contributed by atoms with van der Waals surface area (Å²) in [5, 5.41) is 27.6. The summed E-state index contributed by atoms with van der Waals surface area (Å²) in [6.07, 6.45) is 13.9. The summed E-state index contributed by atoms with van der Waals surface area (Å²) < 4.78 is 0. The SMILES string of the molecule is CN(c1ncnc2[nH]ccc12)N1CCCC(C(=O)CCCC#N)C1.CN(c1ncnc2[nH]ccc12)N1CCCC(C(=O)CCCC#N)C1.[CH3-].[CH3-].[W].[W]. The number of ketones is 2. The molecule has 6 rings (SSSR count). The number of nitrogens with one attached hydrogen (secondary N) is 2. The number of nitriles is 2. The minimum atomic E-state index is 0. The predicted octanol–water partition coefficient (Wildman–Crippen LogP) is 5.46. The molecule has 280 valence electrons. The molecule has 2 aliphatic heterocycles. The van der Waals surface area contributed by atoms with Gasteiger partial charge in [0.05, 0.1) is 22.9 Å². The maximum absolute atomic E-state index is 12.4. The van der Waals surface area contributed by atoms with Crippen LogP contribution in [0.5, 0.6) is 0 Å². The number of aromatic nitrogens is 6. The van der Waals surface area contributed by atoms with Crippen molar-refractivity contribution in [2.24, 2.45) is 11.8 Å². The second-order valence-electron chi connectivity index (χ2n) is 12.4. The molecule has 4 aromatic heterocycles. The van der Waals surface area contributed by atoms with Gasteiger partial charge in [0, 0.05) is 132 Å². The molecule has 4 aromatic rings. The van der Waals surface area contributed by atoms with Gasteiger partial charge in [-0.2, -0.15) is 10.5 Å². The number of unbranched alkanes of at least 4 members (excludes halogenated alkanes) is 2. The Morgan fingerprint density at radius 3 is 1.54 bits per heavy atom. The van der Waals surface area contributed by atoms with Gasteiger partial charge in [0.2, 0.25) is 0 Å². The molecule has 2 aliphatic rings. The molecule has 6 heterocycles. The van der Waals surface area contributed by atoms with Crippen LogP contribution < -0.4 is 10.0 Å². The molecule has 0 radical (unpaired) electrons. The Balaban J connectivity index is 0.000000483. The van der Waals surface area contributed by atoms with E-state index < -0.39 is 0 Å². The quantitative estimate of drug-likeness (QED) is 0.136. The van der Waals surface area contributed by atoms with E-state index in [1.807, 2.05) is 48.6 Å². The van der Waals surface area contributed by atoms with Gasteiger partial charge in [-0.05, 0) is 50.7 Å². The van der Waals surface area contributed by atoms with Gasteiger partial charge in [0.15, 0.2) is 11.6 Å². The Kier molecular flexibility index (Phi) is 20.7. The van der Waals surface area contributed by atoms with Crippen LogP contribution in [0.25, 0.3) is 22.1 Å². The largest absolute Gasteiger partial charge is 0.358 e. The first kappa shape index (κ1) is 46.5. The second-order valence-corrected chi connectivity index (χ2v) is 12.4. The maximum atomic E-state index is 12.4. The van der Waals surface area contributed by atoms with Crippen molar-refractivity contribution in [3.8, 4) is 12.1 Å². The molecule has 0 amide bonds. The number of piperidine rings is 2. The molecule has 2 N–H and O–H groups in total. The van der Waals surface area contributed by atoms with Crippen LogP contribution in [0, 0.1) is 49.4 Å². The fraction of sp³-hybridized carbons (Fsp3) is 0.500. The first-order valence-electron chi connectivity index (χ1n) is 16.7. The summed E-state index contributed by atoms with van der Waals surface area (Å²) in [5.41, 5.74) is 1.63. The maximum Gasteiger partial charge on any atom is 0.155 e. The third-order valence-corrected chi connectivity index (χ3v) is 9.26. The molecule has 0 bridgehead atoms. The molecule has 52 heavy (non-hydrogen) atoms. The molecule has 2 fully saturated rings. The zero-order valence-electron chi connectivity index (χ0n) is 30.6. The Labute approximate surface area is 336 Å². The van der Waals surface area contributed by atoms with Crippen molar-refractivity contribution in [1.29, 1.82) is 10.5 Å². The number of carbonyl (C=O) groups is 2. The van der Waals surface area contributed by atoms with Crippen LogP contribution in [0.2, 0.25) is 0 Å². The average molecular weight is 1050 g/mol. The van der Waals surface area contributed by atoms with Crippen LogP contribution in [0.3, 0.4) is 0 Å². The number of hydrogen-bond donors (Lipinski definition) is 2. The number of anilines is 2. The Morgan fingerprint density at radius 2 is 1.15 bits per heavy atom. The van der Waals surface area contributed by atoms with Gasteiger partial charge in [-0.15, -0.1) is 0 Å². The number of rotatable bonds is 12. The summed E-state index contributed by atoms with van der Waals surface area (Å²) in [5.74, 6) is 2.33. The molecule has 14 nitrogen and oxygen atoms in total. The molecular formula is C36H50N12O2W2-2. The minimum absolute atomic E-state index is 0. The number of aromatic amines is 2. The number of carbonyl (C=O) groups excluding carboxylic acids is 2. The molecule has 0 aromatic carbocycles. The molecule has 0 spiro atoms. The van der Waals surface area contributed by atoms with Gasteiger partial charge in [-0.1, -0.05) is 0 Å². The molecule has 0 aliphatic carbocycles. The van der Waals surface area contributed by atoms with Gasteiger partial charge in [0.25, 0.3) is 0 Å². The van der Waals surface area contributed by atoms with E-state index in [2.05, 4.69) is 52.1 Å². The fourth-order valence-electron chi connectivity index (χ4n) is 6.58. The van der Waals surface area contributed by atoms with Crippen LogP contribution in [0.15, 0.2) is 37.2 Å². The third kappa shape index (κ3) is 11.7. The average Bonchev–Trinajstić information content (AvgIpc) is 3.82. The van der Waals surface area contributed by atoms with E-state index >= 15 is 0 Å². The number of hydrazine groups is 2. The smallest absolute Gasteiger partial charge is 0.155 e. The molecule has 2 saturated heterocycles. The van der Waals surface area contributed by atoms with Gasteiger partial charge < -0.3 is 24.8 Å². The standard InChI is InChI=1S/2C17H22N6O.2CH3.2W/c2*1-22(17-14-7-9-19-16(14)20-12-21-17)23-10-4-5-13(11-23)15(24)6-2-3-8-18;;;;/h2*7,9,12-13H,2-6,10-11H2,1H3,(H,19,20,21);2*1H3;;/q;;2*-1;;. The van der Waals surface area contributed by atoms with Crippen molar-refractivity contribution >= 4 is 45.3 Å². The number of nitrogens with zero attached hydrogens (tertiary/aromatic N) is 10. The first-order chi connectivity index (χ1) is 23.4. The normalized spacial score (nSPS) is 17.0. The molecule has 2 atom stereocenters. The first-order valence-corrected chi connectivity index (χ1v) is 16.7. The van der Waals surface area contributed by atoms with Gasteiger partial charge in [-0.25, -0.2) is 30.0 Å². The van der Waals surface area contributed by atoms with E-state index in [1.54, 1.807) is 12.7 Å². The number of fused-ring (bicyclic) bond motifs is 2. The van der Waals surface area contributed by atoms with Gasteiger partial charge in [0.1, 0.15) is 35.5 Å². The fourth-order valence-corrected chi connectivity index (χ4v) is 6.58. The Hall–Kier alpha value is -3.54. The van der Waals surface area contributed by atoms with E-state index in [4.69, 9.17) is 10.5 Å². The van der Waals surface area contributed by atoms with E-state index in [0.717, 1.165) is 72.5 Å². The number of Topliss-reactive ketones (excluding diaryl/α,β-unsaturated/α-hetero) is 2. The number of hydrogen-bond acceptors (Lipinski definition) is 12. The van der Waals surface area contributed by atoms with Crippen molar-refractivity contribution in [1.82, 2.24) is 39.9 Å². The Morgan fingerprint density at radius 1 is 0.750 bits per heavy atom. The minimum Gasteiger partial charge on any atom is -0.358 e. The van der Waals surface area contributed by atoms with Crippen molar-refractivity contribution in [3.63, 3.8) is 0 Å². The summed E-state index contributed by atoms with van der Waals surface area (Å²) in [4.78, 5) is 48.2. The van der Waals surface area contributed by atoms with Crippen molar-refractivity contribution in [2.75, 3.05) is 50.3 Å². The summed E-state index contributed by atoms with van der Waals surface area (Å²) in [6.45, 7) is 3.23. The zero-order chi connectivity index (χ0) is 33.9. The summed E-state index contributed by atoms with van der Waals surface area (Å²) in [7, 11) is 3.97. The van der Waals surface area contributed by atoms with Gasteiger partial charge >= 0.3 is 0 Å².